The van der Waals surface area contributed by atoms with Crippen molar-refractivity contribution in [3.63, 3.8) is 0 Å². The summed E-state index contributed by atoms with van der Waals surface area (Å²) in [4.78, 5) is 24.0. The van der Waals surface area contributed by atoms with Gasteiger partial charge in [-0.3, -0.25) is 9.59 Å². The Kier molecular flexibility index (Phi) is 6.33. The lowest BCUT2D eigenvalue weighted by Gasteiger charge is -2.22. The van der Waals surface area contributed by atoms with E-state index < -0.39 is 12.0 Å². The highest BCUT2D eigenvalue weighted by Gasteiger charge is 2.21. The van der Waals surface area contributed by atoms with Crippen LogP contribution in [0.3, 0.4) is 0 Å². The third-order valence-electron chi connectivity index (χ3n) is 4.88. The zero-order chi connectivity index (χ0) is 21.1. The SMILES string of the molecule is CC(C)(C)c1ccc(C(=O)NC(CC(=O)O)c2ccc(C(C)(C)C)cc2)cc1. The summed E-state index contributed by atoms with van der Waals surface area (Å²) >= 11 is 0. The van der Waals surface area contributed by atoms with E-state index in [4.69, 9.17) is 0 Å². The number of rotatable bonds is 5. The number of amides is 1. The molecule has 2 aromatic carbocycles. The Morgan fingerprint density at radius 1 is 0.821 bits per heavy atom. The van der Waals surface area contributed by atoms with Crippen molar-refractivity contribution in [2.75, 3.05) is 0 Å². The highest BCUT2D eigenvalue weighted by atomic mass is 16.4. The summed E-state index contributed by atoms with van der Waals surface area (Å²) in [5.74, 6) is -1.22. The minimum absolute atomic E-state index is 0.00957. The molecule has 0 saturated carbocycles. The predicted octanol–water partition coefficient (Wildman–Crippen LogP) is 5.23. The molecule has 0 radical (unpaired) electrons. The van der Waals surface area contributed by atoms with Crippen molar-refractivity contribution in [1.82, 2.24) is 5.32 Å². The van der Waals surface area contributed by atoms with Gasteiger partial charge in [-0.05, 0) is 39.7 Å². The second kappa shape index (κ2) is 8.17. The number of carboxylic acids is 1. The largest absolute Gasteiger partial charge is 0.481 e. The minimum Gasteiger partial charge on any atom is -0.481 e. The summed E-state index contributed by atoms with van der Waals surface area (Å²) in [5.41, 5.74) is 3.64. The van der Waals surface area contributed by atoms with E-state index in [1.165, 1.54) is 0 Å². The molecule has 0 heterocycles. The summed E-state index contributed by atoms with van der Waals surface area (Å²) in [6.45, 7) is 12.7. The highest BCUT2D eigenvalue weighted by molar-refractivity contribution is 5.94. The fourth-order valence-electron chi connectivity index (χ4n) is 3.01. The van der Waals surface area contributed by atoms with Crippen molar-refractivity contribution in [2.24, 2.45) is 0 Å². The Bertz CT molecular complexity index is 822. The summed E-state index contributed by atoms with van der Waals surface area (Å²) < 4.78 is 0. The van der Waals surface area contributed by atoms with E-state index in [-0.39, 0.29) is 23.2 Å². The molecule has 0 fully saturated rings. The van der Waals surface area contributed by atoms with Gasteiger partial charge >= 0.3 is 5.97 Å². The monoisotopic (exact) mass is 381 g/mol. The van der Waals surface area contributed by atoms with Gasteiger partial charge in [0.25, 0.3) is 5.91 Å². The molecule has 4 heteroatoms. The van der Waals surface area contributed by atoms with Crippen molar-refractivity contribution in [3.05, 3.63) is 70.8 Å². The maximum atomic E-state index is 12.7. The van der Waals surface area contributed by atoms with Gasteiger partial charge in [0.1, 0.15) is 0 Å². The number of nitrogens with one attached hydrogen (secondary N) is 1. The van der Waals surface area contributed by atoms with E-state index >= 15 is 0 Å². The molecule has 1 atom stereocenters. The van der Waals surface area contributed by atoms with Gasteiger partial charge in [-0.25, -0.2) is 0 Å². The first-order valence-corrected chi connectivity index (χ1v) is 9.61. The Morgan fingerprint density at radius 2 is 1.25 bits per heavy atom. The van der Waals surface area contributed by atoms with Crippen LogP contribution in [0, 0.1) is 0 Å². The van der Waals surface area contributed by atoms with Gasteiger partial charge in [-0.15, -0.1) is 0 Å². The average Bonchev–Trinajstić information content (AvgIpc) is 2.59. The van der Waals surface area contributed by atoms with Gasteiger partial charge in [0, 0.05) is 5.56 Å². The first-order valence-electron chi connectivity index (χ1n) is 9.61. The van der Waals surface area contributed by atoms with Crippen molar-refractivity contribution in [3.8, 4) is 0 Å². The van der Waals surface area contributed by atoms with Crippen molar-refractivity contribution >= 4 is 11.9 Å². The van der Waals surface area contributed by atoms with Crippen LogP contribution in [0.2, 0.25) is 0 Å². The quantitative estimate of drug-likeness (QED) is 0.745. The van der Waals surface area contributed by atoms with Crippen LogP contribution in [-0.4, -0.2) is 17.0 Å². The van der Waals surface area contributed by atoms with Crippen LogP contribution < -0.4 is 5.32 Å². The summed E-state index contributed by atoms with van der Waals surface area (Å²) in [6, 6.07) is 14.7. The van der Waals surface area contributed by atoms with Crippen molar-refractivity contribution in [1.29, 1.82) is 0 Å². The molecule has 2 aromatic rings. The lowest BCUT2D eigenvalue weighted by atomic mass is 9.86. The smallest absolute Gasteiger partial charge is 0.305 e. The van der Waals surface area contributed by atoms with E-state index in [1.54, 1.807) is 12.1 Å². The maximum absolute atomic E-state index is 12.7. The van der Waals surface area contributed by atoms with E-state index in [0.717, 1.165) is 16.7 Å². The van der Waals surface area contributed by atoms with Crippen LogP contribution in [0.1, 0.15) is 81.1 Å². The molecule has 2 N–H and O–H groups in total. The highest BCUT2D eigenvalue weighted by Crippen LogP contribution is 2.26. The van der Waals surface area contributed by atoms with E-state index in [2.05, 4.69) is 46.9 Å². The Labute approximate surface area is 168 Å². The summed E-state index contributed by atoms with van der Waals surface area (Å²) in [5, 5.41) is 12.2. The van der Waals surface area contributed by atoms with E-state index in [0.29, 0.717) is 5.56 Å². The van der Waals surface area contributed by atoms with Crippen LogP contribution >= 0.6 is 0 Å². The fraction of sp³-hybridized carbons (Fsp3) is 0.417. The van der Waals surface area contributed by atoms with Gasteiger partial charge in [0.2, 0.25) is 0 Å². The molecule has 0 saturated heterocycles. The predicted molar refractivity (Wildman–Crippen MR) is 113 cm³/mol. The average molecular weight is 382 g/mol. The lowest BCUT2D eigenvalue weighted by molar-refractivity contribution is -0.137. The number of hydrogen-bond donors (Lipinski definition) is 2. The molecule has 0 spiro atoms. The standard InChI is InChI=1S/C24H31NO3/c1-23(2,3)18-11-7-16(8-12-18)20(15-21(26)27)25-22(28)17-9-13-19(14-10-17)24(4,5)6/h7-14,20H,15H2,1-6H3,(H,25,28)(H,26,27). The van der Waals surface area contributed by atoms with Gasteiger partial charge in [-0.2, -0.15) is 0 Å². The third-order valence-corrected chi connectivity index (χ3v) is 4.88. The van der Waals surface area contributed by atoms with Gasteiger partial charge in [-0.1, -0.05) is 77.9 Å². The van der Waals surface area contributed by atoms with Gasteiger partial charge in [0.15, 0.2) is 0 Å². The second-order valence-electron chi connectivity index (χ2n) is 9.32. The number of carbonyl (C=O) groups excluding carboxylic acids is 1. The summed E-state index contributed by atoms with van der Waals surface area (Å²) in [6.07, 6.45) is -0.166. The molecule has 0 aliphatic carbocycles. The fourth-order valence-corrected chi connectivity index (χ4v) is 3.01. The zero-order valence-corrected chi connectivity index (χ0v) is 17.7. The van der Waals surface area contributed by atoms with Crippen LogP contribution in [0.5, 0.6) is 0 Å². The van der Waals surface area contributed by atoms with Crippen molar-refractivity contribution in [2.45, 2.75) is 64.8 Å². The zero-order valence-electron chi connectivity index (χ0n) is 17.7. The molecule has 0 aliphatic heterocycles. The van der Waals surface area contributed by atoms with Crippen LogP contribution in [0.15, 0.2) is 48.5 Å². The lowest BCUT2D eigenvalue weighted by Crippen LogP contribution is -2.30. The molecule has 0 aliphatic rings. The minimum atomic E-state index is -0.951. The number of aliphatic carboxylic acids is 1. The molecule has 28 heavy (non-hydrogen) atoms. The molecule has 1 unspecified atom stereocenters. The topological polar surface area (TPSA) is 66.4 Å². The van der Waals surface area contributed by atoms with Crippen LogP contribution in [0.4, 0.5) is 0 Å². The van der Waals surface area contributed by atoms with Crippen LogP contribution in [-0.2, 0) is 15.6 Å². The Morgan fingerprint density at radius 3 is 1.64 bits per heavy atom. The molecule has 4 nitrogen and oxygen atoms in total. The molecule has 1 amide bonds. The number of benzene rings is 2. The number of carboxylic acid groups (broad SMARTS) is 1. The molecule has 2 rings (SSSR count). The Balaban J connectivity index is 2.22. The molecular weight excluding hydrogens is 350 g/mol. The van der Waals surface area contributed by atoms with Gasteiger partial charge < -0.3 is 10.4 Å². The molecule has 0 aromatic heterocycles. The first kappa shape index (κ1) is 21.7. The van der Waals surface area contributed by atoms with Crippen LogP contribution in [0.25, 0.3) is 0 Å². The van der Waals surface area contributed by atoms with E-state index in [1.807, 2.05) is 36.4 Å². The normalized spacial score (nSPS) is 13.1. The second-order valence-corrected chi connectivity index (χ2v) is 9.32. The van der Waals surface area contributed by atoms with Gasteiger partial charge in [0.05, 0.1) is 12.5 Å². The summed E-state index contributed by atoms with van der Waals surface area (Å²) in [7, 11) is 0. The maximum Gasteiger partial charge on any atom is 0.305 e. The molecule has 0 bridgehead atoms. The number of hydrogen-bond acceptors (Lipinski definition) is 2. The first-order chi connectivity index (χ1) is 12.9. The third kappa shape index (κ3) is 5.69. The number of carbonyl (C=O) groups is 2. The van der Waals surface area contributed by atoms with Crippen molar-refractivity contribution < 1.29 is 14.7 Å². The molecule has 150 valence electrons. The molecular formula is C24H31NO3. The Hall–Kier alpha value is -2.62. The van der Waals surface area contributed by atoms with E-state index in [9.17, 15) is 14.7 Å².